The normalized spacial score (nSPS) is 28.5. The van der Waals surface area contributed by atoms with Crippen LogP contribution in [0.15, 0.2) is 29.2 Å². The second-order valence-corrected chi connectivity index (χ2v) is 7.37. The number of hydrogen-bond acceptors (Lipinski definition) is 3. The first-order chi connectivity index (χ1) is 10.4. The molecule has 1 unspecified atom stereocenters. The SMILES string of the molecule is CCCNC1CCC(OCC2CSc3ccccc32)CC1. The third-order valence-electron chi connectivity index (χ3n) is 4.69. The van der Waals surface area contributed by atoms with Crippen LogP contribution in [0.25, 0.3) is 0 Å². The molecule has 1 N–H and O–H groups in total. The maximum absolute atomic E-state index is 6.24. The number of hydrogen-bond donors (Lipinski definition) is 1. The average molecular weight is 305 g/mol. The first kappa shape index (κ1) is 15.4. The molecule has 0 radical (unpaired) electrons. The van der Waals surface area contributed by atoms with Gasteiger partial charge in [0, 0.05) is 22.6 Å². The zero-order valence-corrected chi connectivity index (χ0v) is 13.8. The van der Waals surface area contributed by atoms with Gasteiger partial charge in [0.2, 0.25) is 0 Å². The fourth-order valence-electron chi connectivity index (χ4n) is 3.40. The molecule has 21 heavy (non-hydrogen) atoms. The highest BCUT2D eigenvalue weighted by Gasteiger charge is 2.26. The van der Waals surface area contributed by atoms with Gasteiger partial charge in [-0.25, -0.2) is 0 Å². The smallest absolute Gasteiger partial charge is 0.0576 e. The Bertz CT molecular complexity index is 443. The molecule has 1 aromatic carbocycles. The molecule has 2 nitrogen and oxygen atoms in total. The van der Waals surface area contributed by atoms with Gasteiger partial charge in [-0.05, 0) is 50.3 Å². The van der Waals surface area contributed by atoms with E-state index in [1.807, 2.05) is 11.8 Å². The van der Waals surface area contributed by atoms with Crippen LogP contribution in [0.3, 0.4) is 0 Å². The second kappa shape index (κ2) is 7.66. The maximum atomic E-state index is 6.24. The van der Waals surface area contributed by atoms with E-state index in [1.165, 1.54) is 48.3 Å². The van der Waals surface area contributed by atoms with Crippen LogP contribution >= 0.6 is 11.8 Å². The van der Waals surface area contributed by atoms with Crippen molar-refractivity contribution in [1.82, 2.24) is 5.32 Å². The highest BCUT2D eigenvalue weighted by Crippen LogP contribution is 2.39. The molecule has 1 atom stereocenters. The zero-order valence-electron chi connectivity index (χ0n) is 13.0. The number of thioether (sulfide) groups is 1. The minimum absolute atomic E-state index is 0.488. The summed E-state index contributed by atoms with van der Waals surface area (Å²) in [5.74, 6) is 1.79. The Morgan fingerprint density at radius 1 is 1.19 bits per heavy atom. The zero-order chi connectivity index (χ0) is 14.5. The summed E-state index contributed by atoms with van der Waals surface area (Å²) in [6.45, 7) is 4.30. The molecule has 1 aliphatic heterocycles. The lowest BCUT2D eigenvalue weighted by molar-refractivity contribution is 0.0171. The molecule has 3 heteroatoms. The third kappa shape index (κ3) is 4.02. The van der Waals surface area contributed by atoms with E-state index >= 15 is 0 Å². The lowest BCUT2D eigenvalue weighted by atomic mass is 9.92. The number of ether oxygens (including phenoxy) is 1. The molecular weight excluding hydrogens is 278 g/mol. The van der Waals surface area contributed by atoms with Crippen molar-refractivity contribution in [2.45, 2.75) is 62.0 Å². The van der Waals surface area contributed by atoms with Gasteiger partial charge in [0.1, 0.15) is 0 Å². The first-order valence-corrected chi connectivity index (χ1v) is 9.42. The Balaban J connectivity index is 1.41. The van der Waals surface area contributed by atoms with Crippen LogP contribution in [0.5, 0.6) is 0 Å². The van der Waals surface area contributed by atoms with E-state index in [9.17, 15) is 0 Å². The number of benzene rings is 1. The quantitative estimate of drug-likeness (QED) is 0.851. The van der Waals surface area contributed by atoms with E-state index in [-0.39, 0.29) is 0 Å². The Morgan fingerprint density at radius 2 is 2.00 bits per heavy atom. The molecule has 0 aromatic heterocycles. The fraction of sp³-hybridized carbons (Fsp3) is 0.667. The van der Waals surface area contributed by atoms with E-state index in [2.05, 4.69) is 36.5 Å². The molecule has 1 aliphatic carbocycles. The van der Waals surface area contributed by atoms with Crippen LogP contribution in [0, 0.1) is 0 Å². The molecule has 2 aliphatic rings. The molecule has 1 heterocycles. The summed E-state index contributed by atoms with van der Waals surface area (Å²) in [4.78, 5) is 1.46. The summed E-state index contributed by atoms with van der Waals surface area (Å²) in [5.41, 5.74) is 1.50. The fourth-order valence-corrected chi connectivity index (χ4v) is 4.63. The van der Waals surface area contributed by atoms with Crippen molar-refractivity contribution in [2.24, 2.45) is 0 Å². The Labute approximate surface area is 133 Å². The van der Waals surface area contributed by atoms with Crippen LogP contribution in [0.1, 0.15) is 50.5 Å². The Kier molecular flexibility index (Phi) is 5.61. The summed E-state index contributed by atoms with van der Waals surface area (Å²) in [6.07, 6.45) is 6.73. The Morgan fingerprint density at radius 3 is 2.81 bits per heavy atom. The maximum Gasteiger partial charge on any atom is 0.0576 e. The highest BCUT2D eigenvalue weighted by molar-refractivity contribution is 7.99. The Hall–Kier alpha value is -0.510. The van der Waals surface area contributed by atoms with Crippen molar-refractivity contribution >= 4 is 11.8 Å². The van der Waals surface area contributed by atoms with Gasteiger partial charge in [0.15, 0.2) is 0 Å². The number of nitrogens with one attached hydrogen (secondary N) is 1. The van der Waals surface area contributed by atoms with Crippen molar-refractivity contribution in [3.8, 4) is 0 Å². The summed E-state index contributed by atoms with van der Waals surface area (Å²) in [5, 5.41) is 3.64. The lowest BCUT2D eigenvalue weighted by Gasteiger charge is -2.30. The topological polar surface area (TPSA) is 21.3 Å². The standard InChI is InChI=1S/C18H27NOS/c1-2-11-19-15-7-9-16(10-8-15)20-12-14-13-21-18-6-4-3-5-17(14)18/h3-6,14-16,19H,2,7-13H2,1H3. The molecule has 3 rings (SSSR count). The van der Waals surface area contributed by atoms with Crippen LogP contribution in [0.4, 0.5) is 0 Å². The van der Waals surface area contributed by atoms with Crippen LogP contribution < -0.4 is 5.32 Å². The summed E-state index contributed by atoms with van der Waals surface area (Å²) < 4.78 is 6.24. The van der Waals surface area contributed by atoms with E-state index in [0.717, 1.165) is 19.2 Å². The van der Waals surface area contributed by atoms with Crippen molar-refractivity contribution in [3.63, 3.8) is 0 Å². The van der Waals surface area contributed by atoms with Crippen LogP contribution in [-0.2, 0) is 4.74 Å². The van der Waals surface area contributed by atoms with Gasteiger partial charge >= 0.3 is 0 Å². The predicted octanol–water partition coefficient (Wildman–Crippen LogP) is 4.20. The summed E-state index contributed by atoms with van der Waals surface area (Å²) >= 11 is 1.98. The molecular formula is C18H27NOS. The molecule has 116 valence electrons. The van der Waals surface area contributed by atoms with Gasteiger partial charge in [-0.3, -0.25) is 0 Å². The van der Waals surface area contributed by atoms with E-state index in [0.29, 0.717) is 12.0 Å². The second-order valence-electron chi connectivity index (χ2n) is 6.31. The summed E-state index contributed by atoms with van der Waals surface area (Å²) in [6, 6.07) is 9.54. The van der Waals surface area contributed by atoms with Gasteiger partial charge in [0.05, 0.1) is 12.7 Å². The molecule has 1 saturated carbocycles. The average Bonchev–Trinajstić information content (AvgIpc) is 2.95. The third-order valence-corrected chi connectivity index (χ3v) is 5.94. The van der Waals surface area contributed by atoms with Gasteiger partial charge < -0.3 is 10.1 Å². The van der Waals surface area contributed by atoms with E-state index < -0.39 is 0 Å². The first-order valence-electron chi connectivity index (χ1n) is 8.43. The minimum Gasteiger partial charge on any atom is -0.378 e. The molecule has 0 bridgehead atoms. The van der Waals surface area contributed by atoms with Gasteiger partial charge in [-0.15, -0.1) is 11.8 Å². The van der Waals surface area contributed by atoms with Crippen molar-refractivity contribution in [1.29, 1.82) is 0 Å². The van der Waals surface area contributed by atoms with Gasteiger partial charge in [-0.2, -0.15) is 0 Å². The highest BCUT2D eigenvalue weighted by atomic mass is 32.2. The molecule has 0 amide bonds. The number of fused-ring (bicyclic) bond motifs is 1. The largest absolute Gasteiger partial charge is 0.378 e. The lowest BCUT2D eigenvalue weighted by Crippen LogP contribution is -2.36. The van der Waals surface area contributed by atoms with Gasteiger partial charge in [0.25, 0.3) is 0 Å². The van der Waals surface area contributed by atoms with Crippen LogP contribution in [0.2, 0.25) is 0 Å². The predicted molar refractivity (Wildman–Crippen MR) is 90.2 cm³/mol. The number of rotatable bonds is 6. The molecule has 0 saturated heterocycles. The summed E-state index contributed by atoms with van der Waals surface area (Å²) in [7, 11) is 0. The monoisotopic (exact) mass is 305 g/mol. The van der Waals surface area contributed by atoms with Crippen molar-refractivity contribution in [2.75, 3.05) is 18.9 Å². The molecule has 1 fully saturated rings. The van der Waals surface area contributed by atoms with Gasteiger partial charge in [-0.1, -0.05) is 25.1 Å². The van der Waals surface area contributed by atoms with E-state index in [4.69, 9.17) is 4.74 Å². The van der Waals surface area contributed by atoms with Crippen molar-refractivity contribution < 1.29 is 4.74 Å². The minimum atomic E-state index is 0.488. The molecule has 0 spiro atoms. The van der Waals surface area contributed by atoms with Crippen LogP contribution in [-0.4, -0.2) is 31.1 Å². The molecule has 1 aromatic rings. The van der Waals surface area contributed by atoms with Crippen molar-refractivity contribution in [3.05, 3.63) is 29.8 Å². The van der Waals surface area contributed by atoms with E-state index in [1.54, 1.807) is 0 Å².